The lowest BCUT2D eigenvalue weighted by Gasteiger charge is -2.18. The van der Waals surface area contributed by atoms with Crippen LogP contribution in [-0.4, -0.2) is 33.4 Å². The summed E-state index contributed by atoms with van der Waals surface area (Å²) in [5.74, 6) is -0.332. The van der Waals surface area contributed by atoms with Crippen molar-refractivity contribution in [3.63, 3.8) is 0 Å². The van der Waals surface area contributed by atoms with Crippen molar-refractivity contribution in [1.82, 2.24) is 15.1 Å². The van der Waals surface area contributed by atoms with Gasteiger partial charge < -0.3 is 10.1 Å². The predicted molar refractivity (Wildman–Crippen MR) is 113 cm³/mol. The van der Waals surface area contributed by atoms with Crippen LogP contribution in [0.1, 0.15) is 51.6 Å². The Hall–Kier alpha value is -1.97. The molecular weight excluding hydrogens is 420 g/mol. The van der Waals surface area contributed by atoms with Crippen LogP contribution < -0.4 is 10.6 Å². The van der Waals surface area contributed by atoms with Crippen molar-refractivity contribution in [2.24, 2.45) is 13.0 Å². The van der Waals surface area contributed by atoms with Gasteiger partial charge in [-0.1, -0.05) is 18.5 Å². The molecule has 150 valence electrons. The lowest BCUT2D eigenvalue weighted by atomic mass is 9.88. The highest BCUT2D eigenvalue weighted by molar-refractivity contribution is 7.80. The van der Waals surface area contributed by atoms with Crippen LogP contribution in [0.5, 0.6) is 0 Å². The molecule has 28 heavy (non-hydrogen) atoms. The molecule has 7 nitrogen and oxygen atoms in total. The minimum absolute atomic E-state index is 0.0731. The van der Waals surface area contributed by atoms with Gasteiger partial charge in [0.1, 0.15) is 5.00 Å². The molecule has 0 bridgehead atoms. The number of hydrogen-bond acceptors (Lipinski definition) is 6. The average molecular weight is 441 g/mol. The standard InChI is InChI=1S/C18H21ClN4O3S2/c1-4-26-17(25)13-10-6-5-9(2)7-12(10)28-16(13)21-18(27)20-15(24)14-11(19)8-23(3)22-14/h8-9H,4-7H2,1-3H3,(H2,20,21,24,27). The van der Waals surface area contributed by atoms with Crippen molar-refractivity contribution in [1.29, 1.82) is 0 Å². The first kappa shape index (κ1) is 20.8. The molecule has 1 unspecified atom stereocenters. The number of carbonyl (C=O) groups is 2. The molecule has 3 rings (SSSR count). The summed E-state index contributed by atoms with van der Waals surface area (Å²) in [6.07, 6.45) is 4.29. The highest BCUT2D eigenvalue weighted by Crippen LogP contribution is 2.40. The molecule has 0 saturated carbocycles. The van der Waals surface area contributed by atoms with Gasteiger partial charge in [-0.3, -0.25) is 14.8 Å². The molecule has 1 aliphatic carbocycles. The first-order valence-electron chi connectivity index (χ1n) is 8.93. The van der Waals surface area contributed by atoms with Gasteiger partial charge in [0, 0.05) is 18.1 Å². The number of rotatable bonds is 4. The van der Waals surface area contributed by atoms with Gasteiger partial charge in [0.05, 0.1) is 17.2 Å². The number of ether oxygens (including phenoxy) is 1. The molecule has 1 amide bonds. The van der Waals surface area contributed by atoms with E-state index >= 15 is 0 Å². The zero-order chi connectivity index (χ0) is 20.4. The summed E-state index contributed by atoms with van der Waals surface area (Å²) < 4.78 is 6.68. The van der Waals surface area contributed by atoms with Crippen molar-refractivity contribution in [2.75, 3.05) is 11.9 Å². The second-order valence-electron chi connectivity index (χ2n) is 6.68. The van der Waals surface area contributed by atoms with E-state index in [0.29, 0.717) is 23.1 Å². The van der Waals surface area contributed by atoms with Crippen LogP contribution in [0, 0.1) is 5.92 Å². The molecule has 2 N–H and O–H groups in total. The summed E-state index contributed by atoms with van der Waals surface area (Å²) in [6, 6.07) is 0. The maximum atomic E-state index is 12.5. The summed E-state index contributed by atoms with van der Waals surface area (Å²) in [6.45, 7) is 4.26. The summed E-state index contributed by atoms with van der Waals surface area (Å²) in [7, 11) is 1.67. The number of hydrogen-bond donors (Lipinski definition) is 2. The Kier molecular flexibility index (Phi) is 6.36. The fourth-order valence-electron chi connectivity index (χ4n) is 3.17. The van der Waals surface area contributed by atoms with E-state index in [2.05, 4.69) is 22.7 Å². The van der Waals surface area contributed by atoms with Crippen LogP contribution in [0.4, 0.5) is 5.00 Å². The van der Waals surface area contributed by atoms with Gasteiger partial charge in [-0.2, -0.15) is 5.10 Å². The summed E-state index contributed by atoms with van der Waals surface area (Å²) >= 11 is 12.8. The zero-order valence-electron chi connectivity index (χ0n) is 15.8. The minimum Gasteiger partial charge on any atom is -0.462 e. The first-order chi connectivity index (χ1) is 13.3. The van der Waals surface area contributed by atoms with E-state index in [4.69, 9.17) is 28.6 Å². The van der Waals surface area contributed by atoms with Crippen LogP contribution >= 0.6 is 35.2 Å². The molecule has 1 aliphatic rings. The Labute approximate surface area is 177 Å². The van der Waals surface area contributed by atoms with Gasteiger partial charge in [-0.25, -0.2) is 4.79 Å². The van der Waals surface area contributed by atoms with Crippen LogP contribution in [0.3, 0.4) is 0 Å². The molecule has 0 spiro atoms. The molecule has 0 aromatic carbocycles. The number of thiocarbonyl (C=S) groups is 1. The number of aromatic nitrogens is 2. The Balaban J connectivity index is 1.81. The second-order valence-corrected chi connectivity index (χ2v) is 8.60. The SMILES string of the molecule is CCOC(=O)c1c(NC(=S)NC(=O)c2nn(C)cc2Cl)sc2c1CCC(C)C2. The molecule has 1 atom stereocenters. The number of aryl methyl sites for hydroxylation is 1. The average Bonchev–Trinajstić information content (AvgIpc) is 3.13. The van der Waals surface area contributed by atoms with Gasteiger partial charge in [0.15, 0.2) is 10.8 Å². The molecule has 0 aliphatic heterocycles. The van der Waals surface area contributed by atoms with Crippen LogP contribution in [-0.2, 0) is 24.6 Å². The summed E-state index contributed by atoms with van der Waals surface area (Å²) in [5, 5.41) is 10.5. The number of esters is 1. The predicted octanol–water partition coefficient (Wildman–Crippen LogP) is 3.56. The van der Waals surface area contributed by atoms with Crippen molar-refractivity contribution >= 4 is 57.1 Å². The van der Waals surface area contributed by atoms with Crippen LogP contribution in [0.25, 0.3) is 0 Å². The molecule has 0 fully saturated rings. The molecular formula is C18H21ClN4O3S2. The summed E-state index contributed by atoms with van der Waals surface area (Å²) in [5.41, 5.74) is 1.62. The molecule has 2 heterocycles. The normalized spacial score (nSPS) is 15.6. The summed E-state index contributed by atoms with van der Waals surface area (Å²) in [4.78, 5) is 26.0. The van der Waals surface area contributed by atoms with Crippen molar-refractivity contribution in [3.8, 4) is 0 Å². The highest BCUT2D eigenvalue weighted by Gasteiger charge is 2.29. The molecule has 2 aromatic rings. The van der Waals surface area contributed by atoms with Gasteiger partial charge >= 0.3 is 5.97 Å². The monoisotopic (exact) mass is 440 g/mol. The fourth-order valence-corrected chi connectivity index (χ4v) is 5.10. The number of nitrogens with one attached hydrogen (secondary N) is 2. The van der Waals surface area contributed by atoms with Gasteiger partial charge in [-0.05, 0) is 49.9 Å². The van der Waals surface area contributed by atoms with Gasteiger partial charge in [0.2, 0.25) is 0 Å². The van der Waals surface area contributed by atoms with E-state index in [1.54, 1.807) is 14.0 Å². The number of fused-ring (bicyclic) bond motifs is 1. The molecule has 10 heteroatoms. The zero-order valence-corrected chi connectivity index (χ0v) is 18.2. The van der Waals surface area contributed by atoms with E-state index in [1.165, 1.54) is 22.2 Å². The second kappa shape index (κ2) is 8.59. The third kappa shape index (κ3) is 4.37. The van der Waals surface area contributed by atoms with E-state index in [-0.39, 0.29) is 21.8 Å². The fraction of sp³-hybridized carbons (Fsp3) is 0.444. The number of thiophene rings is 1. The molecule has 0 saturated heterocycles. The van der Waals surface area contributed by atoms with E-state index in [9.17, 15) is 9.59 Å². The largest absolute Gasteiger partial charge is 0.462 e. The third-order valence-corrected chi connectivity index (χ3v) is 6.10. The van der Waals surface area contributed by atoms with Gasteiger partial charge in [-0.15, -0.1) is 11.3 Å². The lowest BCUT2D eigenvalue weighted by Crippen LogP contribution is -2.34. The Morgan fingerprint density at radius 3 is 2.89 bits per heavy atom. The number of carbonyl (C=O) groups excluding carboxylic acids is 2. The highest BCUT2D eigenvalue weighted by atomic mass is 35.5. The maximum absolute atomic E-state index is 12.5. The molecule has 0 radical (unpaired) electrons. The Morgan fingerprint density at radius 2 is 2.25 bits per heavy atom. The van der Waals surface area contributed by atoms with E-state index in [1.807, 2.05) is 0 Å². The number of halogens is 1. The van der Waals surface area contributed by atoms with Crippen LogP contribution in [0.15, 0.2) is 6.20 Å². The van der Waals surface area contributed by atoms with Crippen molar-refractivity contribution < 1.29 is 14.3 Å². The minimum atomic E-state index is -0.518. The smallest absolute Gasteiger partial charge is 0.341 e. The number of anilines is 1. The number of amides is 1. The Morgan fingerprint density at radius 1 is 1.50 bits per heavy atom. The van der Waals surface area contributed by atoms with E-state index < -0.39 is 5.91 Å². The quantitative estimate of drug-likeness (QED) is 0.558. The third-order valence-electron chi connectivity index (χ3n) is 4.44. The van der Waals surface area contributed by atoms with Gasteiger partial charge in [0.25, 0.3) is 5.91 Å². The van der Waals surface area contributed by atoms with E-state index in [0.717, 1.165) is 29.7 Å². The van der Waals surface area contributed by atoms with Crippen LogP contribution in [0.2, 0.25) is 5.02 Å². The lowest BCUT2D eigenvalue weighted by molar-refractivity contribution is 0.0526. The Bertz CT molecular complexity index is 938. The maximum Gasteiger partial charge on any atom is 0.341 e. The van der Waals surface area contributed by atoms with Crippen molar-refractivity contribution in [3.05, 3.63) is 32.9 Å². The number of nitrogens with zero attached hydrogens (tertiary/aromatic N) is 2. The van der Waals surface area contributed by atoms with Crippen molar-refractivity contribution in [2.45, 2.75) is 33.1 Å². The topological polar surface area (TPSA) is 85.2 Å². The first-order valence-corrected chi connectivity index (χ1v) is 10.5. The molecule has 2 aromatic heterocycles.